The summed E-state index contributed by atoms with van der Waals surface area (Å²) in [5.74, 6) is -7.87. The first kappa shape index (κ1) is 115. The van der Waals surface area contributed by atoms with Gasteiger partial charge in [-0.1, -0.05) is 131 Å². The van der Waals surface area contributed by atoms with Crippen LogP contribution in [0.3, 0.4) is 0 Å². The monoisotopic (exact) mass is 2720 g/mol. The molecular weight excluding hydrogens is 2660 g/mol. The molecule has 0 fully saturated rings. The van der Waals surface area contributed by atoms with Crippen molar-refractivity contribution in [1.82, 2.24) is 80.7 Å². The molecule has 22 nitrogen and oxygen atoms in total. The van der Waals surface area contributed by atoms with E-state index in [0.717, 1.165) is 48.5 Å². The summed E-state index contributed by atoms with van der Waals surface area (Å²) >= 11 is 0. The van der Waals surface area contributed by atoms with E-state index in [4.69, 9.17) is 20.4 Å². The van der Waals surface area contributed by atoms with Crippen molar-refractivity contribution in [2.75, 3.05) is 0 Å². The molecule has 16 rings (SSSR count). The third-order valence-corrected chi connectivity index (χ3v) is 14.6. The molecule has 5 radical (unpaired) electrons. The first-order chi connectivity index (χ1) is 60.5. The molecule has 0 saturated heterocycles. The van der Waals surface area contributed by atoms with Gasteiger partial charge in [-0.05, 0) is 144 Å². The van der Waals surface area contributed by atoms with Crippen LogP contribution in [0.1, 0.15) is 51.8 Å². The van der Waals surface area contributed by atoms with Gasteiger partial charge in [0.1, 0.15) is 17.2 Å². The smallest absolute Gasteiger partial charge is 0.429 e. The summed E-state index contributed by atoms with van der Waals surface area (Å²) in [5.41, 5.74) is 0.435. The molecule has 0 aliphatic carbocycles. The number of aliphatic hydroxyl groups excluding tert-OH is 2. The van der Waals surface area contributed by atoms with Gasteiger partial charge < -0.3 is 60.5 Å². The number of carboxylic acid groups (broad SMARTS) is 2. The standard InChI is InChI=1S/C13H6F6N.4C11H6F2N.C8H4F3N4.C6H4N5.2C6H5NO2.C5H10O2.5Ir/c14-12(15,16)9-5-8(11-3-1-2-4-20-11)6-10(7-9)13(17,18)19;4*12-8-4-5-9(10(13)7-8)11-3-1-2-6-14-11;9-8(10,11)7-13-6(14-15-7)5-3-1-2-4-12-5;1-2-4-7-5(3-1)6-8-10-11-9-6;2*8-6(9)5-3-1-2-4-7-5;1-4(6)3-5(2)7;;;;;/h1-5,7H;4*1-4,6-7H;1-4H;1-4H;2*1-4H,(H,8,9);3-4,6-7H,1-2H3;;;;;/q7*-1;;;;;;;;. The number of halogens is 17. The fraction of sp³-hybridized carbons (Fsp3) is 0.0682. The second-order valence-corrected chi connectivity index (χ2v) is 24.1. The number of benzene rings is 5. The Balaban J connectivity index is 0.000000499. The molecule has 16 aromatic rings. The topological polar surface area (TPSA) is 324 Å². The summed E-state index contributed by atoms with van der Waals surface area (Å²) < 4.78 is 215. The fourth-order valence-corrected chi connectivity index (χ4v) is 9.19. The van der Waals surface area contributed by atoms with Crippen LogP contribution in [-0.4, -0.2) is 109 Å². The molecule has 0 spiro atoms. The Morgan fingerprint density at radius 1 is 0.379 bits per heavy atom. The molecule has 0 saturated carbocycles. The second-order valence-electron chi connectivity index (χ2n) is 24.1. The molecule has 5 aromatic carbocycles. The van der Waals surface area contributed by atoms with Gasteiger partial charge in [0.2, 0.25) is 0 Å². The number of hydrogen-bond donors (Lipinski definition) is 4. The van der Waals surface area contributed by atoms with Crippen molar-refractivity contribution in [1.29, 1.82) is 0 Å². The Hall–Kier alpha value is -12.8. The Labute approximate surface area is 806 Å². The van der Waals surface area contributed by atoms with E-state index >= 15 is 0 Å². The molecule has 11 heterocycles. The summed E-state index contributed by atoms with van der Waals surface area (Å²) in [6, 6.07) is 64.7. The van der Waals surface area contributed by atoms with Crippen LogP contribution in [0.5, 0.6) is 0 Å². The number of aliphatic hydroxyl groups is 2. The average molecular weight is 2720 g/mol. The number of allylic oxidation sites excluding steroid dienone is 1. The largest absolute Gasteiger partial charge is 0.513 e. The molecule has 44 heteroatoms. The van der Waals surface area contributed by atoms with Crippen LogP contribution < -0.4 is 10.2 Å². The minimum absolute atomic E-state index is 0. The Morgan fingerprint density at radius 2 is 0.682 bits per heavy atom. The summed E-state index contributed by atoms with van der Waals surface area (Å²) in [6.07, 6.45) is -0.0573. The molecule has 1 atom stereocenters. The van der Waals surface area contributed by atoms with E-state index in [-0.39, 0.29) is 169 Å². The van der Waals surface area contributed by atoms with Gasteiger partial charge in [-0.3, -0.25) is 60.5 Å². The van der Waals surface area contributed by atoms with E-state index in [1.165, 1.54) is 74.2 Å². The average Bonchev–Trinajstić information content (AvgIpc) is 0.947. The minimum Gasteiger partial charge on any atom is -0.513 e. The molecule has 697 valence electrons. The zero-order valence-electron chi connectivity index (χ0n) is 66.6. The summed E-state index contributed by atoms with van der Waals surface area (Å²) in [5, 5.41) is 53.8. The van der Waals surface area contributed by atoms with Crippen LogP contribution in [0.25, 0.3) is 79.3 Å². The van der Waals surface area contributed by atoms with Gasteiger partial charge in [0, 0.05) is 203 Å². The van der Waals surface area contributed by atoms with Crippen molar-refractivity contribution < 1.29 is 205 Å². The maximum atomic E-state index is 13.2. The molecule has 0 aliphatic rings. The number of nitrogens with zero attached hydrogens (tertiary/aromatic N) is 16. The Bertz CT molecular complexity index is 5620. The van der Waals surface area contributed by atoms with Gasteiger partial charge in [0.25, 0.3) is 0 Å². The van der Waals surface area contributed by atoms with E-state index in [9.17, 15) is 84.2 Å². The van der Waals surface area contributed by atoms with Gasteiger partial charge in [-0.25, -0.2) is 19.6 Å². The first-order valence-electron chi connectivity index (χ1n) is 35.6. The molecule has 11 aromatic heterocycles. The first-order valence-corrected chi connectivity index (χ1v) is 35.6. The number of pyridine rings is 9. The van der Waals surface area contributed by atoms with Crippen LogP contribution in [0, 0.1) is 76.9 Å². The zero-order chi connectivity index (χ0) is 92.5. The van der Waals surface area contributed by atoms with Gasteiger partial charge >= 0.3 is 30.5 Å². The normalized spacial score (nSPS) is 10.4. The van der Waals surface area contributed by atoms with Gasteiger partial charge in [0.05, 0.1) is 29.1 Å². The number of aromatic nitrogens is 16. The number of alkyl halides is 9. The maximum absolute atomic E-state index is 13.2. The number of hydrogen-bond acceptors (Lipinski definition) is 18. The van der Waals surface area contributed by atoms with Crippen LogP contribution in [0.15, 0.2) is 292 Å². The van der Waals surface area contributed by atoms with Crippen LogP contribution in [0.2, 0.25) is 0 Å². The number of carboxylic acids is 2. The number of rotatable bonds is 10. The van der Waals surface area contributed by atoms with Crippen molar-refractivity contribution in [3.8, 4) is 79.3 Å². The SMILES string of the molecule is CC(O)=CC(C)O.FC(F)(F)c1[c-]c(-c2ccccn2)cc(C(F)(F)F)c1.FC(F)(F)c1n[n-]c(-c2ccccn2)n1.Fc1c[c-]c(-c2ccccn2)c(F)c1.Fc1c[c-]c(-c2ccccn2)c(F)c1.Fc1c[c-]c(-c2ccccn2)c(F)c1.Fc1c[c-]c(-c2ccccn2)c(F)c1.O=C(O)c1ccccn1.O=C(O)c1ccccn1.[Ir].[Ir].[Ir].[Ir].[Ir].c1ccc(-c2nnn[n-]2)nc1. The van der Waals surface area contributed by atoms with Crippen molar-refractivity contribution in [2.24, 2.45) is 0 Å². The summed E-state index contributed by atoms with van der Waals surface area (Å²) in [7, 11) is 0. The van der Waals surface area contributed by atoms with Crippen LogP contribution >= 0.6 is 0 Å². The van der Waals surface area contributed by atoms with E-state index in [1.54, 1.807) is 153 Å². The van der Waals surface area contributed by atoms with E-state index in [0.29, 0.717) is 40.4 Å². The molecular formula is C88H58F17Ir5N16O6-7. The predicted octanol–water partition coefficient (Wildman–Crippen LogP) is 19.7. The zero-order valence-corrected chi connectivity index (χ0v) is 78.5. The molecule has 132 heavy (non-hydrogen) atoms. The number of tetrazole rings is 1. The van der Waals surface area contributed by atoms with Crippen molar-refractivity contribution in [3.05, 3.63) is 397 Å². The molecule has 0 amide bonds. The number of carbonyl (C=O) groups is 2. The van der Waals surface area contributed by atoms with Crippen molar-refractivity contribution >= 4 is 11.9 Å². The maximum Gasteiger partial charge on any atom is 0.429 e. The van der Waals surface area contributed by atoms with E-state index in [1.807, 2.05) is 18.2 Å². The predicted molar refractivity (Wildman–Crippen MR) is 423 cm³/mol. The molecule has 0 bridgehead atoms. The fourth-order valence-electron chi connectivity index (χ4n) is 9.19. The van der Waals surface area contributed by atoms with Gasteiger partial charge in [-0.15, -0.1) is 72.3 Å². The molecule has 1 unspecified atom stereocenters. The summed E-state index contributed by atoms with van der Waals surface area (Å²) in [6.45, 7) is 3.10. The van der Waals surface area contributed by atoms with Gasteiger partial charge in [-0.2, -0.15) is 44.7 Å². The van der Waals surface area contributed by atoms with Crippen LogP contribution in [-0.2, 0) is 119 Å². The van der Waals surface area contributed by atoms with Crippen molar-refractivity contribution in [3.63, 3.8) is 0 Å². The number of aromatic carboxylic acids is 2. The Kier molecular flexibility index (Phi) is 51.3. The Morgan fingerprint density at radius 3 is 0.902 bits per heavy atom. The van der Waals surface area contributed by atoms with Gasteiger partial charge in [0.15, 0.2) is 0 Å². The van der Waals surface area contributed by atoms with Crippen molar-refractivity contribution in [2.45, 2.75) is 38.5 Å². The third-order valence-electron chi connectivity index (χ3n) is 14.6. The summed E-state index contributed by atoms with van der Waals surface area (Å²) in [4.78, 5) is 58.0. The van der Waals surface area contributed by atoms with Crippen LogP contribution in [0.4, 0.5) is 74.6 Å². The quantitative estimate of drug-likeness (QED) is 0.0561. The minimum atomic E-state index is -4.91. The molecule has 4 N–H and O–H groups in total. The molecule has 0 aliphatic heterocycles. The van der Waals surface area contributed by atoms with E-state index in [2.05, 4.69) is 105 Å². The second kappa shape index (κ2) is 58.7. The van der Waals surface area contributed by atoms with E-state index < -0.39 is 100 Å². The third kappa shape index (κ3) is 40.7.